The molecule has 0 spiro atoms. The molecule has 1 amide bonds. The molecule has 1 heterocycles. The molecule has 2 aromatic rings. The molecule has 1 saturated heterocycles. The summed E-state index contributed by atoms with van der Waals surface area (Å²) in [5, 5.41) is 2.80. The van der Waals surface area contributed by atoms with Gasteiger partial charge in [-0.15, -0.1) is 0 Å². The number of carbonyl (C=O) groups excluding carboxylic acids is 1. The average molecular weight is 392 g/mol. The summed E-state index contributed by atoms with van der Waals surface area (Å²) in [5.74, 6) is 0.384. The van der Waals surface area contributed by atoms with Crippen LogP contribution in [0.5, 0.6) is 5.75 Å². The number of thioether (sulfide) groups is 1. The highest BCUT2D eigenvalue weighted by Crippen LogP contribution is 2.33. The Labute approximate surface area is 158 Å². The highest BCUT2D eigenvalue weighted by Gasteiger charge is 2.30. The number of rotatable bonds is 4. The Morgan fingerprint density at radius 3 is 2.59 bits per heavy atom. The zero-order valence-corrected chi connectivity index (χ0v) is 15.0. The Bertz CT molecular complexity index is 906. The summed E-state index contributed by atoms with van der Waals surface area (Å²) in [5.41, 5.74) is 0.134. The molecule has 2 aromatic carbocycles. The second-order valence-electron chi connectivity index (χ2n) is 5.53. The molecule has 1 N–H and O–H groups in total. The number of hydrogen-bond acceptors (Lipinski definition) is 4. The number of aliphatic imine (C=N–C) groups is 1. The lowest BCUT2D eigenvalue weighted by Crippen LogP contribution is -2.19. The minimum Gasteiger partial charge on any atom is -0.494 e. The van der Waals surface area contributed by atoms with Crippen molar-refractivity contribution in [2.75, 3.05) is 6.61 Å². The molecule has 0 unspecified atom stereocenters. The maximum absolute atomic E-state index is 12.8. The Kier molecular flexibility index (Phi) is 5.55. The molecule has 8 heteroatoms. The van der Waals surface area contributed by atoms with Crippen LogP contribution in [0.1, 0.15) is 18.1 Å². The fraction of sp³-hybridized carbons (Fsp3) is 0.158. The van der Waals surface area contributed by atoms with Crippen molar-refractivity contribution in [1.29, 1.82) is 0 Å². The maximum Gasteiger partial charge on any atom is 0.416 e. The molecule has 4 nitrogen and oxygen atoms in total. The number of nitrogens with zero attached hydrogens (tertiary/aromatic N) is 1. The van der Waals surface area contributed by atoms with Crippen molar-refractivity contribution in [3.8, 4) is 5.75 Å². The summed E-state index contributed by atoms with van der Waals surface area (Å²) < 4.78 is 43.7. The van der Waals surface area contributed by atoms with Crippen molar-refractivity contribution in [3.63, 3.8) is 0 Å². The van der Waals surface area contributed by atoms with Crippen molar-refractivity contribution in [2.24, 2.45) is 4.99 Å². The minimum atomic E-state index is -4.44. The number of hydrogen-bond donors (Lipinski definition) is 1. The van der Waals surface area contributed by atoms with Crippen molar-refractivity contribution in [3.05, 3.63) is 64.6 Å². The molecule has 0 saturated carbocycles. The topological polar surface area (TPSA) is 50.7 Å². The quantitative estimate of drug-likeness (QED) is 0.746. The van der Waals surface area contributed by atoms with E-state index in [2.05, 4.69) is 10.3 Å². The van der Waals surface area contributed by atoms with Gasteiger partial charge in [-0.05, 0) is 60.7 Å². The van der Waals surface area contributed by atoms with Crippen LogP contribution in [0.2, 0.25) is 0 Å². The lowest BCUT2D eigenvalue weighted by molar-refractivity contribution is -0.137. The van der Waals surface area contributed by atoms with E-state index in [0.29, 0.717) is 11.5 Å². The van der Waals surface area contributed by atoms with Crippen LogP contribution in [0.25, 0.3) is 6.08 Å². The van der Waals surface area contributed by atoms with E-state index < -0.39 is 11.7 Å². The van der Waals surface area contributed by atoms with E-state index in [1.165, 1.54) is 12.1 Å². The fourth-order valence-electron chi connectivity index (χ4n) is 2.33. The van der Waals surface area contributed by atoms with Crippen LogP contribution < -0.4 is 10.1 Å². The first kappa shape index (κ1) is 19.0. The third kappa shape index (κ3) is 4.91. The van der Waals surface area contributed by atoms with Crippen LogP contribution in [0.15, 0.2) is 58.4 Å². The van der Waals surface area contributed by atoms with Gasteiger partial charge < -0.3 is 10.1 Å². The van der Waals surface area contributed by atoms with Crippen LogP contribution in [-0.4, -0.2) is 17.7 Å². The summed E-state index contributed by atoms with van der Waals surface area (Å²) in [6, 6.07) is 11.9. The van der Waals surface area contributed by atoms with Gasteiger partial charge in [0.05, 0.1) is 22.8 Å². The number of halogens is 3. The second kappa shape index (κ2) is 7.87. The van der Waals surface area contributed by atoms with Gasteiger partial charge in [-0.3, -0.25) is 4.79 Å². The SMILES string of the molecule is CCOc1ccc(/C=C2\SC(=Nc3cccc(C(F)(F)F)c3)NC2=O)cc1. The van der Waals surface area contributed by atoms with Gasteiger partial charge in [0, 0.05) is 0 Å². The Balaban J connectivity index is 1.78. The molecule has 3 rings (SSSR count). The third-order valence-electron chi connectivity index (χ3n) is 3.54. The maximum atomic E-state index is 12.8. The van der Waals surface area contributed by atoms with E-state index in [9.17, 15) is 18.0 Å². The van der Waals surface area contributed by atoms with Crippen molar-refractivity contribution in [1.82, 2.24) is 5.32 Å². The normalized spacial score (nSPS) is 17.4. The molecule has 1 aliphatic rings. The van der Waals surface area contributed by atoms with Crippen molar-refractivity contribution >= 4 is 34.6 Å². The van der Waals surface area contributed by atoms with Gasteiger partial charge in [-0.1, -0.05) is 18.2 Å². The van der Waals surface area contributed by atoms with E-state index >= 15 is 0 Å². The number of amidine groups is 1. The largest absolute Gasteiger partial charge is 0.494 e. The zero-order valence-electron chi connectivity index (χ0n) is 14.2. The van der Waals surface area contributed by atoms with E-state index in [4.69, 9.17) is 4.74 Å². The second-order valence-corrected chi connectivity index (χ2v) is 6.56. The van der Waals surface area contributed by atoms with E-state index in [-0.39, 0.29) is 16.8 Å². The van der Waals surface area contributed by atoms with Gasteiger partial charge in [0.2, 0.25) is 0 Å². The number of alkyl halides is 3. The smallest absolute Gasteiger partial charge is 0.416 e. The predicted octanol–water partition coefficient (Wildman–Crippen LogP) is 5.00. The number of benzene rings is 2. The molecule has 0 aromatic heterocycles. The molecule has 1 fully saturated rings. The summed E-state index contributed by atoms with van der Waals surface area (Å²) in [7, 11) is 0. The molecule has 140 valence electrons. The standard InChI is InChI=1S/C19H15F3N2O2S/c1-2-26-15-8-6-12(7-9-15)10-16-17(25)24-18(27-16)23-14-5-3-4-13(11-14)19(20,21)22/h3-11H,2H2,1H3,(H,23,24,25)/b16-10-. The van der Waals surface area contributed by atoms with Crippen LogP contribution in [0.3, 0.4) is 0 Å². The number of carbonyl (C=O) groups is 1. The van der Waals surface area contributed by atoms with Crippen LogP contribution >= 0.6 is 11.8 Å². The molecule has 27 heavy (non-hydrogen) atoms. The Morgan fingerprint density at radius 1 is 1.19 bits per heavy atom. The first-order valence-corrected chi connectivity index (χ1v) is 8.86. The minimum absolute atomic E-state index is 0.120. The van der Waals surface area contributed by atoms with Crippen molar-refractivity contribution < 1.29 is 22.7 Å². The lowest BCUT2D eigenvalue weighted by Gasteiger charge is -2.06. The van der Waals surface area contributed by atoms with Crippen LogP contribution in [0.4, 0.5) is 18.9 Å². The molecule has 0 radical (unpaired) electrons. The molecule has 0 bridgehead atoms. The first-order chi connectivity index (χ1) is 12.8. The van der Waals surface area contributed by atoms with Gasteiger partial charge in [-0.25, -0.2) is 4.99 Å². The highest BCUT2D eigenvalue weighted by molar-refractivity contribution is 8.18. The van der Waals surface area contributed by atoms with Crippen LogP contribution in [0, 0.1) is 0 Å². The molecular weight excluding hydrogens is 377 g/mol. The fourth-order valence-corrected chi connectivity index (χ4v) is 3.17. The molecule has 1 aliphatic heterocycles. The third-order valence-corrected chi connectivity index (χ3v) is 4.45. The molecular formula is C19H15F3N2O2S. The summed E-state index contributed by atoms with van der Waals surface area (Å²) in [6.07, 6.45) is -2.76. The predicted molar refractivity (Wildman–Crippen MR) is 99.9 cm³/mol. The lowest BCUT2D eigenvalue weighted by atomic mass is 10.2. The van der Waals surface area contributed by atoms with Gasteiger partial charge in [-0.2, -0.15) is 13.2 Å². The number of ether oxygens (including phenoxy) is 1. The summed E-state index contributed by atoms with van der Waals surface area (Å²) in [6.45, 7) is 2.45. The number of nitrogens with one attached hydrogen (secondary N) is 1. The van der Waals surface area contributed by atoms with Crippen molar-refractivity contribution in [2.45, 2.75) is 13.1 Å². The summed E-state index contributed by atoms with van der Waals surface area (Å²) >= 11 is 1.07. The zero-order chi connectivity index (χ0) is 19.4. The van der Waals surface area contributed by atoms with Gasteiger partial charge >= 0.3 is 6.18 Å². The van der Waals surface area contributed by atoms with Gasteiger partial charge in [0.15, 0.2) is 5.17 Å². The van der Waals surface area contributed by atoms with E-state index in [1.54, 1.807) is 18.2 Å². The monoisotopic (exact) mass is 392 g/mol. The summed E-state index contributed by atoms with van der Waals surface area (Å²) in [4.78, 5) is 16.6. The Hall–Kier alpha value is -2.74. The first-order valence-electron chi connectivity index (χ1n) is 8.05. The number of amides is 1. The van der Waals surface area contributed by atoms with E-state index in [1.807, 2.05) is 19.1 Å². The average Bonchev–Trinajstić information content (AvgIpc) is 2.95. The highest BCUT2D eigenvalue weighted by atomic mass is 32.2. The Morgan fingerprint density at radius 2 is 1.93 bits per heavy atom. The van der Waals surface area contributed by atoms with Gasteiger partial charge in [0.25, 0.3) is 5.91 Å². The van der Waals surface area contributed by atoms with Crippen LogP contribution in [-0.2, 0) is 11.0 Å². The molecule has 0 atom stereocenters. The van der Waals surface area contributed by atoms with E-state index in [0.717, 1.165) is 35.2 Å². The molecule has 0 aliphatic carbocycles. The van der Waals surface area contributed by atoms with Gasteiger partial charge in [0.1, 0.15) is 5.75 Å².